The summed E-state index contributed by atoms with van der Waals surface area (Å²) in [5.41, 5.74) is 8.16. The number of benzene rings is 2. The molecule has 0 saturated carbocycles. The molecule has 0 amide bonds. The SMILES string of the molecule is C[C@H](N)c1ccc(SCc2ccccc2Cl)cc1. The third-order valence-electron chi connectivity index (χ3n) is 2.76. The molecular weight excluding hydrogens is 262 g/mol. The van der Waals surface area contributed by atoms with Crippen molar-refractivity contribution in [3.05, 3.63) is 64.7 Å². The minimum Gasteiger partial charge on any atom is -0.324 e. The van der Waals surface area contributed by atoms with Crippen molar-refractivity contribution in [2.24, 2.45) is 5.73 Å². The minimum atomic E-state index is 0.0904. The van der Waals surface area contributed by atoms with Gasteiger partial charge in [-0.1, -0.05) is 41.9 Å². The summed E-state index contributed by atoms with van der Waals surface area (Å²) in [6.07, 6.45) is 0. The Hall–Kier alpha value is -0.960. The Bertz CT molecular complexity index is 508. The Balaban J connectivity index is 2.00. The van der Waals surface area contributed by atoms with E-state index in [9.17, 15) is 0 Å². The van der Waals surface area contributed by atoms with Gasteiger partial charge in [-0.25, -0.2) is 0 Å². The molecule has 18 heavy (non-hydrogen) atoms. The highest BCUT2D eigenvalue weighted by molar-refractivity contribution is 7.98. The lowest BCUT2D eigenvalue weighted by Crippen LogP contribution is -2.04. The molecular formula is C15H16ClNS. The van der Waals surface area contributed by atoms with E-state index in [1.165, 1.54) is 10.5 Å². The standard InChI is InChI=1S/C15H16ClNS/c1-11(17)12-6-8-14(9-7-12)18-10-13-4-2-3-5-15(13)16/h2-9,11H,10,17H2,1H3/t11-/m0/s1. The molecule has 0 radical (unpaired) electrons. The Labute approximate surface area is 117 Å². The molecule has 0 fully saturated rings. The molecule has 0 aliphatic rings. The van der Waals surface area contributed by atoms with Crippen LogP contribution in [0.1, 0.15) is 24.1 Å². The Morgan fingerprint density at radius 1 is 1.11 bits per heavy atom. The second kappa shape index (κ2) is 6.28. The predicted molar refractivity (Wildman–Crippen MR) is 80.1 cm³/mol. The van der Waals surface area contributed by atoms with Gasteiger partial charge in [0, 0.05) is 21.7 Å². The van der Waals surface area contributed by atoms with E-state index in [2.05, 4.69) is 30.3 Å². The monoisotopic (exact) mass is 277 g/mol. The van der Waals surface area contributed by atoms with Crippen LogP contribution in [0.3, 0.4) is 0 Å². The van der Waals surface area contributed by atoms with Crippen LogP contribution in [0.5, 0.6) is 0 Å². The van der Waals surface area contributed by atoms with Gasteiger partial charge in [-0.05, 0) is 36.2 Å². The zero-order chi connectivity index (χ0) is 13.0. The summed E-state index contributed by atoms with van der Waals surface area (Å²) >= 11 is 7.91. The molecule has 0 unspecified atom stereocenters. The van der Waals surface area contributed by atoms with Crippen LogP contribution >= 0.6 is 23.4 Å². The van der Waals surface area contributed by atoms with Crippen LogP contribution in [0, 0.1) is 0 Å². The second-order valence-electron chi connectivity index (χ2n) is 4.24. The zero-order valence-electron chi connectivity index (χ0n) is 10.3. The first-order valence-corrected chi connectivity index (χ1v) is 7.25. The lowest BCUT2D eigenvalue weighted by atomic mass is 10.1. The summed E-state index contributed by atoms with van der Waals surface area (Å²) in [6, 6.07) is 16.4. The summed E-state index contributed by atoms with van der Waals surface area (Å²) in [5.74, 6) is 0.886. The normalized spacial score (nSPS) is 12.4. The molecule has 1 nitrogen and oxygen atoms in total. The van der Waals surface area contributed by atoms with E-state index < -0.39 is 0 Å². The van der Waals surface area contributed by atoms with Gasteiger partial charge >= 0.3 is 0 Å². The summed E-state index contributed by atoms with van der Waals surface area (Å²) in [7, 11) is 0. The van der Waals surface area contributed by atoms with E-state index in [4.69, 9.17) is 17.3 Å². The van der Waals surface area contributed by atoms with E-state index in [0.29, 0.717) is 0 Å². The number of halogens is 1. The summed E-state index contributed by atoms with van der Waals surface area (Å²) in [5, 5.41) is 0.831. The van der Waals surface area contributed by atoms with Crippen molar-refractivity contribution in [1.82, 2.24) is 0 Å². The molecule has 1 atom stereocenters. The van der Waals surface area contributed by atoms with Crippen LogP contribution in [0.25, 0.3) is 0 Å². The molecule has 2 N–H and O–H groups in total. The fourth-order valence-electron chi connectivity index (χ4n) is 1.64. The van der Waals surface area contributed by atoms with Crippen LogP contribution in [-0.4, -0.2) is 0 Å². The van der Waals surface area contributed by atoms with E-state index >= 15 is 0 Å². The van der Waals surface area contributed by atoms with Crippen LogP contribution in [-0.2, 0) is 5.75 Å². The van der Waals surface area contributed by atoms with Gasteiger partial charge in [0.1, 0.15) is 0 Å². The van der Waals surface area contributed by atoms with Crippen molar-refractivity contribution in [3.63, 3.8) is 0 Å². The highest BCUT2D eigenvalue weighted by atomic mass is 35.5. The van der Waals surface area contributed by atoms with Crippen LogP contribution in [0.2, 0.25) is 5.02 Å². The molecule has 0 aliphatic heterocycles. The third kappa shape index (κ3) is 3.52. The largest absolute Gasteiger partial charge is 0.324 e. The minimum absolute atomic E-state index is 0.0904. The average Bonchev–Trinajstić information content (AvgIpc) is 2.38. The van der Waals surface area contributed by atoms with Gasteiger partial charge in [0.05, 0.1) is 0 Å². The molecule has 0 saturated heterocycles. The maximum absolute atomic E-state index is 6.13. The van der Waals surface area contributed by atoms with Crippen molar-refractivity contribution in [2.75, 3.05) is 0 Å². The summed E-state index contributed by atoms with van der Waals surface area (Å²) < 4.78 is 0. The fraction of sp³-hybridized carbons (Fsp3) is 0.200. The van der Waals surface area contributed by atoms with E-state index in [1.54, 1.807) is 11.8 Å². The third-order valence-corrected chi connectivity index (χ3v) is 4.19. The maximum atomic E-state index is 6.13. The van der Waals surface area contributed by atoms with Gasteiger partial charge in [0.2, 0.25) is 0 Å². The van der Waals surface area contributed by atoms with Gasteiger partial charge in [-0.2, -0.15) is 0 Å². The molecule has 0 spiro atoms. The van der Waals surface area contributed by atoms with Gasteiger partial charge in [0.15, 0.2) is 0 Å². The number of hydrogen-bond donors (Lipinski definition) is 1. The summed E-state index contributed by atoms with van der Waals surface area (Å²) in [4.78, 5) is 1.24. The lowest BCUT2D eigenvalue weighted by Gasteiger charge is -2.07. The van der Waals surface area contributed by atoms with Gasteiger partial charge < -0.3 is 5.73 Å². The first-order chi connectivity index (χ1) is 8.66. The number of thioether (sulfide) groups is 1. The quantitative estimate of drug-likeness (QED) is 0.823. The molecule has 0 aromatic heterocycles. The Kier molecular flexibility index (Phi) is 4.70. The molecule has 3 heteroatoms. The van der Waals surface area contributed by atoms with Crippen molar-refractivity contribution >= 4 is 23.4 Å². The van der Waals surface area contributed by atoms with Crippen LogP contribution in [0.4, 0.5) is 0 Å². The zero-order valence-corrected chi connectivity index (χ0v) is 11.8. The maximum Gasteiger partial charge on any atom is 0.0446 e. The number of hydrogen-bond acceptors (Lipinski definition) is 2. The van der Waals surface area contributed by atoms with Crippen molar-refractivity contribution in [2.45, 2.75) is 23.6 Å². The highest BCUT2D eigenvalue weighted by Crippen LogP contribution is 2.27. The highest BCUT2D eigenvalue weighted by Gasteiger charge is 2.02. The molecule has 0 heterocycles. The smallest absolute Gasteiger partial charge is 0.0446 e. The van der Waals surface area contributed by atoms with E-state index in [1.807, 2.05) is 25.1 Å². The van der Waals surface area contributed by atoms with Gasteiger partial charge in [0.25, 0.3) is 0 Å². The van der Waals surface area contributed by atoms with Gasteiger partial charge in [-0.15, -0.1) is 11.8 Å². The second-order valence-corrected chi connectivity index (χ2v) is 5.69. The first kappa shape index (κ1) is 13.5. The lowest BCUT2D eigenvalue weighted by molar-refractivity contribution is 0.817. The average molecular weight is 278 g/mol. The Morgan fingerprint density at radius 3 is 2.39 bits per heavy atom. The topological polar surface area (TPSA) is 26.0 Å². The molecule has 0 aliphatic carbocycles. The van der Waals surface area contributed by atoms with Crippen LogP contribution < -0.4 is 5.73 Å². The van der Waals surface area contributed by atoms with E-state index in [-0.39, 0.29) is 6.04 Å². The van der Waals surface area contributed by atoms with Crippen molar-refractivity contribution in [1.29, 1.82) is 0 Å². The predicted octanol–water partition coefficient (Wildman–Crippen LogP) is 4.65. The fourth-order valence-corrected chi connectivity index (χ4v) is 2.83. The number of nitrogens with two attached hydrogens (primary N) is 1. The molecule has 2 aromatic rings. The van der Waals surface area contributed by atoms with Gasteiger partial charge in [-0.3, -0.25) is 0 Å². The molecule has 2 rings (SSSR count). The van der Waals surface area contributed by atoms with Crippen LogP contribution in [0.15, 0.2) is 53.4 Å². The van der Waals surface area contributed by atoms with Crippen molar-refractivity contribution in [3.8, 4) is 0 Å². The van der Waals surface area contributed by atoms with E-state index in [0.717, 1.165) is 16.3 Å². The molecule has 94 valence electrons. The first-order valence-electron chi connectivity index (χ1n) is 5.88. The Morgan fingerprint density at radius 2 is 1.78 bits per heavy atom. The van der Waals surface area contributed by atoms with Crippen molar-refractivity contribution < 1.29 is 0 Å². The summed E-state index contributed by atoms with van der Waals surface area (Å²) in [6.45, 7) is 1.99. The molecule has 2 aromatic carbocycles. The number of rotatable bonds is 4. The molecule has 0 bridgehead atoms.